The van der Waals surface area contributed by atoms with Crippen LogP contribution in [0.15, 0.2) is 76.2 Å². The predicted octanol–water partition coefficient (Wildman–Crippen LogP) is 5.77. The van der Waals surface area contributed by atoms with Crippen LogP contribution in [0.1, 0.15) is 45.3 Å². The number of phenols is 1. The average molecular weight is 431 g/mol. The summed E-state index contributed by atoms with van der Waals surface area (Å²) in [4.78, 5) is 12.9. The number of ketones is 1. The summed E-state index contributed by atoms with van der Waals surface area (Å²) >= 11 is 6.33. The summed E-state index contributed by atoms with van der Waals surface area (Å²) in [6, 6.07) is 19.9. The van der Waals surface area contributed by atoms with Gasteiger partial charge in [-0.15, -0.1) is 0 Å². The molecule has 0 bridgehead atoms. The molecule has 1 atom stereocenters. The largest absolute Gasteiger partial charge is 0.507 e. The number of nitrogens with zero attached hydrogens (tertiary/aromatic N) is 1. The van der Waals surface area contributed by atoms with Crippen molar-refractivity contribution < 1.29 is 14.3 Å². The zero-order valence-corrected chi connectivity index (χ0v) is 17.5. The number of phenolic OH excluding ortho intramolecular Hbond substituents is 1. The number of carbonyl (C=O) groups is 1. The lowest BCUT2D eigenvalue weighted by molar-refractivity contribution is 0.101. The SMILES string of the molecule is Cc1c(C(=O)c2ccccc2)oc2cc(O)c(C3=NN[C@H](c4ccccc4Cl)C3)cc12. The molecule has 0 aliphatic carbocycles. The zero-order valence-electron chi connectivity index (χ0n) is 16.7. The van der Waals surface area contributed by atoms with E-state index in [0.29, 0.717) is 28.2 Å². The maximum Gasteiger partial charge on any atom is 0.228 e. The quantitative estimate of drug-likeness (QED) is 0.403. The van der Waals surface area contributed by atoms with Gasteiger partial charge in [-0.05, 0) is 24.6 Å². The third-order valence-corrected chi connectivity index (χ3v) is 5.99. The van der Waals surface area contributed by atoms with E-state index in [1.807, 2.05) is 55.5 Å². The molecule has 1 aliphatic rings. The molecule has 1 aliphatic heterocycles. The van der Waals surface area contributed by atoms with Gasteiger partial charge in [0.15, 0.2) is 5.76 Å². The van der Waals surface area contributed by atoms with Crippen LogP contribution >= 0.6 is 11.6 Å². The molecule has 0 radical (unpaired) electrons. The first kappa shape index (κ1) is 19.4. The van der Waals surface area contributed by atoms with E-state index in [4.69, 9.17) is 16.0 Å². The van der Waals surface area contributed by atoms with Gasteiger partial charge in [0, 0.05) is 39.6 Å². The number of hydrogen-bond acceptors (Lipinski definition) is 5. The van der Waals surface area contributed by atoms with Gasteiger partial charge in [0.1, 0.15) is 11.3 Å². The van der Waals surface area contributed by atoms with Gasteiger partial charge in [0.2, 0.25) is 5.78 Å². The van der Waals surface area contributed by atoms with Gasteiger partial charge in [-0.1, -0.05) is 60.1 Å². The van der Waals surface area contributed by atoms with Crippen molar-refractivity contribution in [3.63, 3.8) is 0 Å². The molecule has 5 nitrogen and oxygen atoms in total. The molecule has 5 rings (SSSR count). The minimum absolute atomic E-state index is 0.0559. The van der Waals surface area contributed by atoms with Gasteiger partial charge >= 0.3 is 0 Å². The van der Waals surface area contributed by atoms with Crippen molar-refractivity contribution in [2.24, 2.45) is 5.10 Å². The second kappa shape index (κ2) is 7.60. The second-order valence-corrected chi connectivity index (χ2v) is 7.99. The van der Waals surface area contributed by atoms with Crippen LogP contribution < -0.4 is 5.43 Å². The zero-order chi connectivity index (χ0) is 21.5. The first-order valence-electron chi connectivity index (χ1n) is 9.95. The van der Waals surface area contributed by atoms with Crippen LogP contribution in [0.25, 0.3) is 11.0 Å². The molecular formula is C25H19ClN2O3. The van der Waals surface area contributed by atoms with Gasteiger partial charge in [-0.25, -0.2) is 0 Å². The standard InChI is InChI=1S/C25H19ClN2O3/c1-14-17-11-18(21-12-20(27-28-21)16-9-5-6-10-19(16)26)22(29)13-23(17)31-25(14)24(30)15-7-3-2-4-8-15/h2-11,13,20,27,29H,12H2,1H3/t20-/m0/s1. The van der Waals surface area contributed by atoms with Crippen LogP contribution in [0.3, 0.4) is 0 Å². The number of nitrogens with one attached hydrogen (secondary N) is 1. The highest BCUT2D eigenvalue weighted by molar-refractivity contribution is 6.31. The Kier molecular flexibility index (Phi) is 4.75. The Balaban J connectivity index is 1.50. The highest BCUT2D eigenvalue weighted by Crippen LogP contribution is 2.36. The van der Waals surface area contributed by atoms with Crippen LogP contribution in [0.4, 0.5) is 0 Å². The lowest BCUT2D eigenvalue weighted by atomic mass is 9.97. The van der Waals surface area contributed by atoms with Crippen LogP contribution in [-0.2, 0) is 0 Å². The van der Waals surface area contributed by atoms with Gasteiger partial charge in [-0.2, -0.15) is 5.10 Å². The summed E-state index contributed by atoms with van der Waals surface area (Å²) in [6.45, 7) is 1.85. The Labute approximate surface area is 184 Å². The Morgan fingerprint density at radius 3 is 2.65 bits per heavy atom. The van der Waals surface area contributed by atoms with Crippen molar-refractivity contribution in [1.82, 2.24) is 5.43 Å². The fraction of sp³-hybridized carbons (Fsp3) is 0.120. The van der Waals surface area contributed by atoms with E-state index in [1.54, 1.807) is 18.2 Å². The Bertz CT molecular complexity index is 1340. The van der Waals surface area contributed by atoms with E-state index in [-0.39, 0.29) is 23.3 Å². The first-order valence-corrected chi connectivity index (χ1v) is 10.3. The van der Waals surface area contributed by atoms with Crippen LogP contribution in [0.2, 0.25) is 5.02 Å². The lowest BCUT2D eigenvalue weighted by Gasteiger charge is -2.12. The maximum atomic E-state index is 12.9. The van der Waals surface area contributed by atoms with E-state index in [0.717, 1.165) is 22.2 Å². The summed E-state index contributed by atoms with van der Waals surface area (Å²) in [7, 11) is 0. The summed E-state index contributed by atoms with van der Waals surface area (Å²) in [5.41, 5.74) is 7.16. The molecule has 0 saturated heterocycles. The third-order valence-electron chi connectivity index (χ3n) is 5.64. The van der Waals surface area contributed by atoms with Crippen LogP contribution in [0.5, 0.6) is 5.75 Å². The molecule has 0 fully saturated rings. The van der Waals surface area contributed by atoms with Crippen molar-refractivity contribution in [2.45, 2.75) is 19.4 Å². The van der Waals surface area contributed by atoms with Crippen molar-refractivity contribution in [1.29, 1.82) is 0 Å². The minimum Gasteiger partial charge on any atom is -0.507 e. The van der Waals surface area contributed by atoms with Crippen LogP contribution in [0, 0.1) is 6.92 Å². The fourth-order valence-corrected chi connectivity index (χ4v) is 4.24. The predicted molar refractivity (Wildman–Crippen MR) is 121 cm³/mol. The van der Waals surface area contributed by atoms with Crippen LogP contribution in [-0.4, -0.2) is 16.6 Å². The number of aryl methyl sites for hydroxylation is 1. The first-order chi connectivity index (χ1) is 15.0. The second-order valence-electron chi connectivity index (χ2n) is 7.58. The minimum atomic E-state index is -0.186. The molecule has 0 amide bonds. The molecule has 3 aromatic carbocycles. The molecule has 31 heavy (non-hydrogen) atoms. The van der Waals surface area contributed by atoms with Crippen molar-refractivity contribution in [2.75, 3.05) is 0 Å². The van der Waals surface area contributed by atoms with Gasteiger partial charge in [-0.3, -0.25) is 4.79 Å². The topological polar surface area (TPSA) is 74.8 Å². The summed E-state index contributed by atoms with van der Waals surface area (Å²) in [6.07, 6.45) is 0.579. The number of fused-ring (bicyclic) bond motifs is 1. The van der Waals surface area contributed by atoms with E-state index < -0.39 is 0 Å². The molecule has 2 heterocycles. The molecule has 0 saturated carbocycles. The normalized spacial score (nSPS) is 15.7. The van der Waals surface area contributed by atoms with Gasteiger partial charge in [0.05, 0.1) is 11.8 Å². The summed E-state index contributed by atoms with van der Waals surface area (Å²) < 4.78 is 5.84. The number of hydrogen-bond donors (Lipinski definition) is 2. The molecule has 0 spiro atoms. The smallest absolute Gasteiger partial charge is 0.228 e. The molecule has 2 N–H and O–H groups in total. The molecule has 6 heteroatoms. The Hall–Kier alpha value is -3.57. The fourth-order valence-electron chi connectivity index (χ4n) is 3.97. The monoisotopic (exact) mass is 430 g/mol. The Morgan fingerprint density at radius 2 is 1.87 bits per heavy atom. The maximum absolute atomic E-state index is 12.9. The number of rotatable bonds is 4. The van der Waals surface area contributed by atoms with E-state index in [1.165, 1.54) is 0 Å². The van der Waals surface area contributed by atoms with E-state index in [9.17, 15) is 9.90 Å². The average Bonchev–Trinajstić information content (AvgIpc) is 3.38. The highest BCUT2D eigenvalue weighted by Gasteiger charge is 2.26. The summed E-state index contributed by atoms with van der Waals surface area (Å²) in [5, 5.41) is 16.5. The van der Waals surface area contributed by atoms with Crippen molar-refractivity contribution >= 4 is 34.1 Å². The number of halogens is 1. The third kappa shape index (κ3) is 3.37. The highest BCUT2D eigenvalue weighted by atomic mass is 35.5. The molecule has 1 aromatic heterocycles. The molecular weight excluding hydrogens is 412 g/mol. The summed E-state index contributed by atoms with van der Waals surface area (Å²) in [5.74, 6) is 0.146. The lowest BCUT2D eigenvalue weighted by Crippen LogP contribution is -2.10. The Morgan fingerprint density at radius 1 is 1.13 bits per heavy atom. The number of carbonyl (C=O) groups excluding carboxylic acids is 1. The molecule has 154 valence electrons. The van der Waals surface area contributed by atoms with Crippen molar-refractivity contribution in [3.8, 4) is 5.75 Å². The van der Waals surface area contributed by atoms with Gasteiger partial charge in [0.25, 0.3) is 0 Å². The number of aromatic hydroxyl groups is 1. The van der Waals surface area contributed by atoms with E-state index >= 15 is 0 Å². The van der Waals surface area contributed by atoms with Gasteiger partial charge < -0.3 is 14.9 Å². The van der Waals surface area contributed by atoms with Crippen molar-refractivity contribution in [3.05, 3.63) is 99.8 Å². The molecule has 0 unspecified atom stereocenters. The van der Waals surface area contributed by atoms with E-state index in [2.05, 4.69) is 10.5 Å². The number of hydrazone groups is 1. The molecule has 4 aromatic rings. The number of benzene rings is 3. The number of furan rings is 1.